The number of fused-ring (bicyclic) bond motifs is 2. The molecule has 282 valence electrons. The third kappa shape index (κ3) is 8.17. The number of likely N-dealkylation sites (tertiary alicyclic amines) is 1. The molecule has 0 radical (unpaired) electrons. The standard InChI is InChI=1S/C37H61N5O7S/c1-8-12-26(28(43)31(45)38-23-13-14-23)39-30(44)27-24-15-18-36(19-20-36)25(24)21-42(27)32(46)29(34(2,3)4)40-33(47)41-37(16-10-9-11-17-37)22-50(48,49)35(5,6)7/h23-27,29H,8-22H2,1-7H3,(H,38,45)(H,39,44)(H2,40,41,47)/t24-,25-,26?,27-,29+/m0/s1. The van der Waals surface area contributed by atoms with E-state index in [4.69, 9.17) is 0 Å². The second-order valence-electron chi connectivity index (χ2n) is 18.2. The maximum Gasteiger partial charge on any atom is 0.315 e. The van der Waals surface area contributed by atoms with Gasteiger partial charge >= 0.3 is 6.03 Å². The van der Waals surface area contributed by atoms with Crippen LogP contribution in [0.3, 0.4) is 0 Å². The first-order valence-corrected chi connectivity index (χ1v) is 20.6. The molecule has 1 spiro atoms. The van der Waals surface area contributed by atoms with Gasteiger partial charge in [-0.15, -0.1) is 0 Å². The van der Waals surface area contributed by atoms with Gasteiger partial charge in [0.15, 0.2) is 9.84 Å². The summed E-state index contributed by atoms with van der Waals surface area (Å²) in [5.41, 5.74) is -1.57. The molecule has 1 heterocycles. The summed E-state index contributed by atoms with van der Waals surface area (Å²) in [5.74, 6) is -2.27. The predicted molar refractivity (Wildman–Crippen MR) is 191 cm³/mol. The van der Waals surface area contributed by atoms with Crippen molar-refractivity contribution in [3.63, 3.8) is 0 Å². The molecule has 5 atom stereocenters. The Kier molecular flexibility index (Phi) is 10.8. The lowest BCUT2D eigenvalue weighted by Crippen LogP contribution is -2.64. The van der Waals surface area contributed by atoms with Crippen LogP contribution in [0.4, 0.5) is 4.79 Å². The molecule has 1 saturated heterocycles. The van der Waals surface area contributed by atoms with E-state index in [1.165, 1.54) is 0 Å². The van der Waals surface area contributed by atoms with Crippen molar-refractivity contribution in [1.29, 1.82) is 0 Å². The Hall–Kier alpha value is -2.70. The van der Waals surface area contributed by atoms with Crippen LogP contribution in [0.1, 0.15) is 132 Å². The highest BCUT2D eigenvalue weighted by atomic mass is 32.2. The van der Waals surface area contributed by atoms with Gasteiger partial charge in [-0.2, -0.15) is 0 Å². The van der Waals surface area contributed by atoms with Crippen molar-refractivity contribution < 1.29 is 32.4 Å². The van der Waals surface area contributed by atoms with Crippen LogP contribution in [0.2, 0.25) is 0 Å². The minimum atomic E-state index is -3.56. The van der Waals surface area contributed by atoms with Gasteiger partial charge in [0, 0.05) is 12.6 Å². The van der Waals surface area contributed by atoms with E-state index >= 15 is 0 Å². The molecule has 5 rings (SSSR count). The number of ketones is 1. The summed E-state index contributed by atoms with van der Waals surface area (Å²) in [6, 6.07) is -3.42. The van der Waals surface area contributed by atoms with E-state index in [0.717, 1.165) is 57.8 Å². The zero-order chi connectivity index (χ0) is 36.9. The highest BCUT2D eigenvalue weighted by molar-refractivity contribution is 7.92. The second-order valence-corrected chi connectivity index (χ2v) is 20.9. The third-order valence-corrected chi connectivity index (χ3v) is 15.0. The van der Waals surface area contributed by atoms with E-state index in [-0.39, 0.29) is 35.0 Å². The first kappa shape index (κ1) is 38.5. The molecule has 4 aliphatic carbocycles. The maximum absolute atomic E-state index is 14.7. The van der Waals surface area contributed by atoms with Gasteiger partial charge in [0.2, 0.25) is 17.6 Å². The fraction of sp³-hybridized carbons (Fsp3) is 0.865. The van der Waals surface area contributed by atoms with Gasteiger partial charge in [0.1, 0.15) is 12.1 Å². The van der Waals surface area contributed by atoms with Crippen LogP contribution in [0.15, 0.2) is 0 Å². The number of carbonyl (C=O) groups is 5. The molecule has 0 bridgehead atoms. The molecule has 12 nitrogen and oxygen atoms in total. The lowest BCUT2D eigenvalue weighted by molar-refractivity contribution is -0.144. The summed E-state index contributed by atoms with van der Waals surface area (Å²) in [6.07, 6.45) is 10.1. The number of amides is 5. The van der Waals surface area contributed by atoms with Crippen molar-refractivity contribution in [3.05, 3.63) is 0 Å². The number of hydrogen-bond donors (Lipinski definition) is 4. The molecule has 5 amide bonds. The van der Waals surface area contributed by atoms with Crippen molar-refractivity contribution in [1.82, 2.24) is 26.2 Å². The molecule has 0 aromatic rings. The number of sulfone groups is 1. The number of urea groups is 1. The molecule has 13 heteroatoms. The van der Waals surface area contributed by atoms with E-state index in [1.807, 2.05) is 27.7 Å². The highest BCUT2D eigenvalue weighted by Gasteiger charge is 2.64. The van der Waals surface area contributed by atoms with Crippen LogP contribution in [0, 0.1) is 22.7 Å². The quantitative estimate of drug-likeness (QED) is 0.223. The zero-order valence-corrected chi connectivity index (χ0v) is 32.1. The molecule has 1 aliphatic heterocycles. The fourth-order valence-corrected chi connectivity index (χ4v) is 10.2. The topological polar surface area (TPSA) is 171 Å². The molecule has 1 unspecified atom stereocenters. The number of rotatable bonds is 12. The van der Waals surface area contributed by atoms with Crippen molar-refractivity contribution >= 4 is 39.4 Å². The van der Waals surface area contributed by atoms with Crippen LogP contribution in [-0.4, -0.2) is 89.6 Å². The van der Waals surface area contributed by atoms with Crippen molar-refractivity contribution in [3.8, 4) is 0 Å². The Balaban J connectivity index is 1.37. The molecule has 50 heavy (non-hydrogen) atoms. The molecule has 0 aromatic heterocycles. The number of carbonyl (C=O) groups excluding carboxylic acids is 5. The maximum atomic E-state index is 14.7. The van der Waals surface area contributed by atoms with Gasteiger partial charge in [-0.3, -0.25) is 19.2 Å². The molecule has 5 fully saturated rings. The minimum Gasteiger partial charge on any atom is -0.347 e. The largest absolute Gasteiger partial charge is 0.347 e. The summed E-state index contributed by atoms with van der Waals surface area (Å²) < 4.78 is 25.7. The van der Waals surface area contributed by atoms with Gasteiger partial charge in [0.25, 0.3) is 5.91 Å². The zero-order valence-electron chi connectivity index (χ0n) is 31.3. The molecule has 4 N–H and O–H groups in total. The van der Waals surface area contributed by atoms with Crippen LogP contribution >= 0.6 is 0 Å². The van der Waals surface area contributed by atoms with Crippen molar-refractivity contribution in [2.75, 3.05) is 12.3 Å². The number of nitrogens with one attached hydrogen (secondary N) is 4. The van der Waals surface area contributed by atoms with Gasteiger partial charge in [-0.1, -0.05) is 53.4 Å². The van der Waals surface area contributed by atoms with Crippen LogP contribution in [-0.2, 0) is 29.0 Å². The van der Waals surface area contributed by atoms with E-state index in [1.54, 1.807) is 25.7 Å². The van der Waals surface area contributed by atoms with E-state index in [0.29, 0.717) is 32.2 Å². The Morgan fingerprint density at radius 3 is 2.04 bits per heavy atom. The normalized spacial score (nSPS) is 26.8. The summed E-state index contributed by atoms with van der Waals surface area (Å²) in [5, 5.41) is 11.6. The van der Waals surface area contributed by atoms with Crippen LogP contribution in [0.5, 0.6) is 0 Å². The highest BCUT2D eigenvalue weighted by Crippen LogP contribution is 2.66. The predicted octanol–water partition coefficient (Wildman–Crippen LogP) is 3.77. The Morgan fingerprint density at radius 1 is 0.860 bits per heavy atom. The number of nitrogens with zero attached hydrogens (tertiary/aromatic N) is 1. The Labute approximate surface area is 298 Å². The Bertz CT molecular complexity index is 1450. The van der Waals surface area contributed by atoms with Gasteiger partial charge in [0.05, 0.1) is 22.1 Å². The minimum absolute atomic E-state index is 0.0104. The average molecular weight is 720 g/mol. The third-order valence-electron chi connectivity index (χ3n) is 12.2. The van der Waals surface area contributed by atoms with E-state index in [2.05, 4.69) is 21.3 Å². The molecule has 4 saturated carbocycles. The van der Waals surface area contributed by atoms with Crippen molar-refractivity contribution in [2.24, 2.45) is 22.7 Å². The molecular formula is C37H61N5O7S. The molecule has 5 aliphatic rings. The van der Waals surface area contributed by atoms with Gasteiger partial charge in [-0.05, 0) is 101 Å². The lowest BCUT2D eigenvalue weighted by atomic mass is 9.83. The monoisotopic (exact) mass is 719 g/mol. The average Bonchev–Trinajstić information content (AvgIpc) is 3.92. The SMILES string of the molecule is CCCC(NC(=O)[C@@H]1[C@H]2CCC3(CC3)[C@H]2CN1C(=O)[C@@H](NC(=O)NC1(CS(=O)(=O)C(C)(C)C)CCCCC1)C(C)(C)C)C(=O)C(=O)NC1CC1. The Morgan fingerprint density at radius 2 is 1.50 bits per heavy atom. The van der Waals surface area contributed by atoms with Gasteiger partial charge in [-0.25, -0.2) is 13.2 Å². The summed E-state index contributed by atoms with van der Waals surface area (Å²) in [6.45, 7) is 12.9. The number of Topliss-reactive ketones (excluding diaryl/α,β-unsaturated/α-hetero) is 1. The summed E-state index contributed by atoms with van der Waals surface area (Å²) in [4.78, 5) is 70.3. The first-order valence-electron chi connectivity index (χ1n) is 19.0. The van der Waals surface area contributed by atoms with E-state index in [9.17, 15) is 32.4 Å². The molecule has 0 aromatic carbocycles. The smallest absolute Gasteiger partial charge is 0.315 e. The second kappa shape index (κ2) is 14.0. The summed E-state index contributed by atoms with van der Waals surface area (Å²) in [7, 11) is -3.56. The van der Waals surface area contributed by atoms with Crippen molar-refractivity contribution in [2.45, 2.75) is 166 Å². The van der Waals surface area contributed by atoms with Gasteiger partial charge < -0.3 is 26.2 Å². The fourth-order valence-electron chi connectivity index (χ4n) is 8.70. The first-order chi connectivity index (χ1) is 23.2. The number of hydrogen-bond acceptors (Lipinski definition) is 7. The lowest BCUT2D eigenvalue weighted by Gasteiger charge is -2.41. The van der Waals surface area contributed by atoms with Crippen LogP contribution < -0.4 is 21.3 Å². The van der Waals surface area contributed by atoms with E-state index < -0.39 is 67.3 Å². The van der Waals surface area contributed by atoms with Crippen LogP contribution in [0.25, 0.3) is 0 Å². The summed E-state index contributed by atoms with van der Waals surface area (Å²) >= 11 is 0. The molecular weight excluding hydrogens is 659 g/mol.